The van der Waals surface area contributed by atoms with Crippen LogP contribution in [-0.2, 0) is 19.1 Å². The van der Waals surface area contributed by atoms with Crippen molar-refractivity contribution in [2.75, 3.05) is 13.2 Å². The van der Waals surface area contributed by atoms with Crippen molar-refractivity contribution in [2.24, 2.45) is 5.92 Å². The second-order valence-corrected chi connectivity index (χ2v) is 8.63. The highest BCUT2D eigenvalue weighted by Crippen LogP contribution is 2.17. The molecule has 0 fully saturated rings. The van der Waals surface area contributed by atoms with Crippen LogP contribution in [-0.4, -0.2) is 25.2 Å². The number of hydrogen-bond acceptors (Lipinski definition) is 4. The van der Waals surface area contributed by atoms with Crippen LogP contribution in [0.15, 0.2) is 0 Å². The van der Waals surface area contributed by atoms with Crippen LogP contribution in [0.3, 0.4) is 0 Å². The molecule has 0 amide bonds. The van der Waals surface area contributed by atoms with Gasteiger partial charge in [-0.25, -0.2) is 0 Å². The number of carbonyl (C=O) groups excluding carboxylic acids is 2. The average molecular weight is 427 g/mol. The van der Waals surface area contributed by atoms with Crippen LogP contribution in [0, 0.1) is 5.92 Å². The van der Waals surface area contributed by atoms with Crippen molar-refractivity contribution in [1.82, 2.24) is 0 Å². The van der Waals surface area contributed by atoms with Gasteiger partial charge in [0.2, 0.25) is 0 Å². The quantitative estimate of drug-likeness (QED) is 0.131. The number of carbonyl (C=O) groups is 2. The van der Waals surface area contributed by atoms with Crippen LogP contribution in [0.2, 0.25) is 0 Å². The molecule has 1 atom stereocenters. The molecular formula is C26H50O4. The summed E-state index contributed by atoms with van der Waals surface area (Å²) in [6, 6.07) is 0. The molecule has 0 aliphatic heterocycles. The third-order valence-electron chi connectivity index (χ3n) is 5.68. The van der Waals surface area contributed by atoms with Gasteiger partial charge in [-0.3, -0.25) is 9.59 Å². The van der Waals surface area contributed by atoms with Crippen LogP contribution in [0.1, 0.15) is 136 Å². The van der Waals surface area contributed by atoms with E-state index in [0.29, 0.717) is 19.6 Å². The largest absolute Gasteiger partial charge is 0.466 e. The minimum absolute atomic E-state index is 0.00818. The molecule has 30 heavy (non-hydrogen) atoms. The highest BCUT2D eigenvalue weighted by atomic mass is 16.5. The Morgan fingerprint density at radius 2 is 1.03 bits per heavy atom. The van der Waals surface area contributed by atoms with Crippen molar-refractivity contribution in [1.29, 1.82) is 0 Å². The second kappa shape index (κ2) is 22.6. The van der Waals surface area contributed by atoms with Gasteiger partial charge < -0.3 is 9.47 Å². The molecule has 0 aromatic carbocycles. The molecule has 0 rings (SSSR count). The van der Waals surface area contributed by atoms with Crippen LogP contribution in [0.5, 0.6) is 0 Å². The zero-order valence-corrected chi connectivity index (χ0v) is 20.4. The number of hydrogen-bond donors (Lipinski definition) is 0. The zero-order valence-electron chi connectivity index (χ0n) is 20.4. The minimum Gasteiger partial charge on any atom is -0.466 e. The Hall–Kier alpha value is -1.06. The van der Waals surface area contributed by atoms with Crippen molar-refractivity contribution in [3.63, 3.8) is 0 Å². The first-order valence-electron chi connectivity index (χ1n) is 13.0. The van der Waals surface area contributed by atoms with Crippen LogP contribution < -0.4 is 0 Å². The molecule has 0 aliphatic carbocycles. The topological polar surface area (TPSA) is 52.6 Å². The lowest BCUT2D eigenvalue weighted by molar-refractivity contribution is -0.149. The molecule has 0 saturated heterocycles. The van der Waals surface area contributed by atoms with Crippen LogP contribution in [0.4, 0.5) is 0 Å². The molecule has 0 N–H and O–H groups in total. The fourth-order valence-electron chi connectivity index (χ4n) is 3.70. The highest BCUT2D eigenvalue weighted by molar-refractivity contribution is 5.72. The number of rotatable bonds is 22. The summed E-state index contributed by atoms with van der Waals surface area (Å²) in [6.45, 7) is 7.26. The van der Waals surface area contributed by atoms with E-state index < -0.39 is 0 Å². The molecule has 0 aliphatic rings. The third-order valence-corrected chi connectivity index (χ3v) is 5.68. The molecule has 0 saturated carbocycles. The maximum absolute atomic E-state index is 11.9. The molecule has 4 heteroatoms. The van der Waals surface area contributed by atoms with Gasteiger partial charge in [0.25, 0.3) is 0 Å². The Morgan fingerprint density at radius 3 is 1.50 bits per heavy atom. The average Bonchev–Trinajstić information content (AvgIpc) is 2.75. The first-order valence-corrected chi connectivity index (χ1v) is 13.0. The van der Waals surface area contributed by atoms with Gasteiger partial charge in [0.1, 0.15) is 0 Å². The molecule has 1 unspecified atom stereocenters. The second-order valence-electron chi connectivity index (χ2n) is 8.63. The number of ether oxygens (including phenoxy) is 2. The Kier molecular flexibility index (Phi) is 21.8. The maximum atomic E-state index is 11.9. The standard InChI is InChI=1S/C26H50O4/c1-4-22-29-25(27)21-19-17-15-13-11-9-7-8-10-12-14-16-18-20-24(6-3)26(28)30-23-5-2/h24H,4-23H2,1-3H3. The third kappa shape index (κ3) is 18.9. The predicted octanol–water partition coefficient (Wildman–Crippen LogP) is 7.77. The summed E-state index contributed by atoms with van der Waals surface area (Å²) in [5.41, 5.74) is 0. The normalized spacial score (nSPS) is 12.0. The number of unbranched alkanes of at least 4 members (excludes halogenated alkanes) is 12. The van der Waals surface area contributed by atoms with E-state index in [4.69, 9.17) is 9.47 Å². The fraction of sp³-hybridized carbons (Fsp3) is 0.923. The summed E-state index contributed by atoms with van der Waals surface area (Å²) in [6.07, 6.45) is 20.7. The molecule has 0 aromatic rings. The zero-order chi connectivity index (χ0) is 22.3. The Morgan fingerprint density at radius 1 is 0.600 bits per heavy atom. The highest BCUT2D eigenvalue weighted by Gasteiger charge is 2.16. The first-order chi connectivity index (χ1) is 14.7. The van der Waals surface area contributed by atoms with Gasteiger partial charge in [0.15, 0.2) is 0 Å². The summed E-state index contributed by atoms with van der Waals surface area (Å²) in [5.74, 6) is 0.0803. The van der Waals surface area contributed by atoms with Crippen molar-refractivity contribution in [3.05, 3.63) is 0 Å². The van der Waals surface area contributed by atoms with Gasteiger partial charge in [0.05, 0.1) is 19.1 Å². The molecule has 4 nitrogen and oxygen atoms in total. The van der Waals surface area contributed by atoms with Crippen LogP contribution >= 0.6 is 0 Å². The van der Waals surface area contributed by atoms with Gasteiger partial charge >= 0.3 is 11.9 Å². The lowest BCUT2D eigenvalue weighted by atomic mass is 9.97. The molecule has 0 spiro atoms. The molecule has 0 radical (unpaired) electrons. The summed E-state index contributed by atoms with van der Waals surface area (Å²) < 4.78 is 10.4. The summed E-state index contributed by atoms with van der Waals surface area (Å²) in [5, 5.41) is 0. The summed E-state index contributed by atoms with van der Waals surface area (Å²) in [4.78, 5) is 23.3. The van der Waals surface area contributed by atoms with E-state index in [9.17, 15) is 9.59 Å². The van der Waals surface area contributed by atoms with Gasteiger partial charge in [-0.15, -0.1) is 0 Å². The number of esters is 2. The fourth-order valence-corrected chi connectivity index (χ4v) is 3.70. The SMILES string of the molecule is CCCOC(=O)CCCCCCCCCCCCCCCC(CC)C(=O)OCCC. The summed E-state index contributed by atoms with van der Waals surface area (Å²) in [7, 11) is 0. The van der Waals surface area contributed by atoms with Gasteiger partial charge in [0, 0.05) is 6.42 Å². The van der Waals surface area contributed by atoms with Gasteiger partial charge in [-0.2, -0.15) is 0 Å². The predicted molar refractivity (Wildman–Crippen MR) is 126 cm³/mol. The van der Waals surface area contributed by atoms with E-state index in [1.54, 1.807) is 0 Å². The first kappa shape index (κ1) is 28.9. The van der Waals surface area contributed by atoms with Crippen molar-refractivity contribution >= 4 is 11.9 Å². The monoisotopic (exact) mass is 426 g/mol. The lowest BCUT2D eigenvalue weighted by Crippen LogP contribution is -2.17. The Balaban J connectivity index is 3.31. The van der Waals surface area contributed by atoms with E-state index in [2.05, 4.69) is 6.92 Å². The maximum Gasteiger partial charge on any atom is 0.308 e. The lowest BCUT2D eigenvalue weighted by Gasteiger charge is -2.13. The molecule has 0 bridgehead atoms. The van der Waals surface area contributed by atoms with E-state index in [0.717, 1.165) is 44.9 Å². The summed E-state index contributed by atoms with van der Waals surface area (Å²) >= 11 is 0. The van der Waals surface area contributed by atoms with Gasteiger partial charge in [-0.1, -0.05) is 97.8 Å². The van der Waals surface area contributed by atoms with Gasteiger partial charge in [-0.05, 0) is 32.1 Å². The Bertz CT molecular complexity index is 394. The smallest absolute Gasteiger partial charge is 0.308 e. The minimum atomic E-state index is -0.0310. The van der Waals surface area contributed by atoms with E-state index in [1.807, 2.05) is 13.8 Å². The van der Waals surface area contributed by atoms with Crippen molar-refractivity contribution in [3.8, 4) is 0 Å². The van der Waals surface area contributed by atoms with E-state index in [1.165, 1.54) is 64.2 Å². The molecule has 0 heterocycles. The molecular weight excluding hydrogens is 376 g/mol. The van der Waals surface area contributed by atoms with Crippen molar-refractivity contribution < 1.29 is 19.1 Å². The molecule has 0 aromatic heterocycles. The van der Waals surface area contributed by atoms with E-state index >= 15 is 0 Å². The Labute approximate surface area is 186 Å². The van der Waals surface area contributed by atoms with Crippen molar-refractivity contribution in [2.45, 2.75) is 136 Å². The molecule has 178 valence electrons. The van der Waals surface area contributed by atoms with E-state index in [-0.39, 0.29) is 17.9 Å². The van der Waals surface area contributed by atoms with Crippen LogP contribution in [0.25, 0.3) is 0 Å².